The summed E-state index contributed by atoms with van der Waals surface area (Å²) in [6.45, 7) is 10.8. The van der Waals surface area contributed by atoms with Crippen molar-refractivity contribution in [3.05, 3.63) is 59.0 Å². The Morgan fingerprint density at radius 3 is 2.33 bits per heavy atom. The molecule has 90 valence electrons. The van der Waals surface area contributed by atoms with Crippen molar-refractivity contribution in [1.82, 2.24) is 0 Å². The molecule has 3 nitrogen and oxygen atoms in total. The first-order chi connectivity index (χ1) is 8.63. The van der Waals surface area contributed by atoms with Crippen LogP contribution in [0, 0.1) is 0 Å². The number of benzene rings is 1. The van der Waals surface area contributed by atoms with Gasteiger partial charge in [0.2, 0.25) is 0 Å². The molecule has 0 saturated carbocycles. The Kier molecular flexibility index (Phi) is 2.90. The fourth-order valence-electron chi connectivity index (χ4n) is 1.81. The summed E-state index contributed by atoms with van der Waals surface area (Å²) in [6.07, 6.45) is 5.67. The van der Waals surface area contributed by atoms with E-state index in [0.717, 1.165) is 0 Å². The quantitative estimate of drug-likeness (QED) is 0.894. The summed E-state index contributed by atoms with van der Waals surface area (Å²) in [7, 11) is 0. The third-order valence-corrected chi connectivity index (χ3v) is 2.77. The molecular weight excluding hydrogens is 228 g/mol. The lowest BCUT2D eigenvalue weighted by Gasteiger charge is -2.07. The maximum atomic E-state index is 12.1. The molecule has 1 heterocycles. The van der Waals surface area contributed by atoms with Crippen molar-refractivity contribution in [2.75, 3.05) is 0 Å². The maximum absolute atomic E-state index is 12.1. The summed E-state index contributed by atoms with van der Waals surface area (Å²) in [5, 5.41) is 10.3. The van der Waals surface area contributed by atoms with Gasteiger partial charge < -0.3 is 9.52 Å². The average Bonchev–Trinajstić information content (AvgIpc) is 2.39. The number of hydrogen-bond acceptors (Lipinski definition) is 3. The van der Waals surface area contributed by atoms with E-state index in [1.807, 2.05) is 0 Å². The SMILES string of the molecule is C=Cc1cc2c(=O)c(C=C)coc2c(C=C)c1O. The van der Waals surface area contributed by atoms with Crippen molar-refractivity contribution < 1.29 is 9.52 Å². The Bertz CT molecular complexity index is 721. The monoisotopic (exact) mass is 240 g/mol. The fourth-order valence-corrected chi connectivity index (χ4v) is 1.81. The molecule has 0 fully saturated rings. The van der Waals surface area contributed by atoms with Gasteiger partial charge in [-0.3, -0.25) is 4.79 Å². The number of aromatic hydroxyl groups is 1. The van der Waals surface area contributed by atoms with Crippen LogP contribution in [0.3, 0.4) is 0 Å². The zero-order chi connectivity index (χ0) is 13.3. The highest BCUT2D eigenvalue weighted by Gasteiger charge is 2.14. The summed E-state index contributed by atoms with van der Waals surface area (Å²) >= 11 is 0. The van der Waals surface area contributed by atoms with Gasteiger partial charge in [-0.1, -0.05) is 38.0 Å². The van der Waals surface area contributed by atoms with Gasteiger partial charge in [0.25, 0.3) is 0 Å². The smallest absolute Gasteiger partial charge is 0.199 e. The van der Waals surface area contributed by atoms with E-state index in [4.69, 9.17) is 4.42 Å². The molecular formula is C15H12O3. The van der Waals surface area contributed by atoms with E-state index in [2.05, 4.69) is 19.7 Å². The second kappa shape index (κ2) is 4.37. The van der Waals surface area contributed by atoms with Crippen molar-refractivity contribution >= 4 is 29.2 Å². The van der Waals surface area contributed by atoms with Crippen LogP contribution in [0.15, 0.2) is 41.3 Å². The molecule has 0 unspecified atom stereocenters. The van der Waals surface area contributed by atoms with Gasteiger partial charge in [0.1, 0.15) is 17.6 Å². The van der Waals surface area contributed by atoms with Crippen LogP contribution in [0.5, 0.6) is 5.75 Å². The normalized spacial score (nSPS) is 10.2. The minimum atomic E-state index is -0.197. The van der Waals surface area contributed by atoms with Crippen molar-refractivity contribution in [2.24, 2.45) is 0 Å². The number of rotatable bonds is 3. The van der Waals surface area contributed by atoms with Crippen molar-refractivity contribution in [1.29, 1.82) is 0 Å². The highest BCUT2D eigenvalue weighted by atomic mass is 16.3. The van der Waals surface area contributed by atoms with Gasteiger partial charge in [-0.25, -0.2) is 0 Å². The van der Waals surface area contributed by atoms with Gasteiger partial charge in [-0.15, -0.1) is 0 Å². The van der Waals surface area contributed by atoms with Crippen LogP contribution in [0.4, 0.5) is 0 Å². The number of fused-ring (bicyclic) bond motifs is 1. The first-order valence-corrected chi connectivity index (χ1v) is 5.32. The van der Waals surface area contributed by atoms with Crippen LogP contribution in [0.2, 0.25) is 0 Å². The molecule has 0 atom stereocenters. The molecule has 1 N–H and O–H groups in total. The predicted octanol–water partition coefficient (Wildman–Crippen LogP) is 3.43. The molecule has 0 aliphatic heterocycles. The second-order valence-electron chi connectivity index (χ2n) is 3.74. The summed E-state index contributed by atoms with van der Waals surface area (Å²) < 4.78 is 5.38. The Morgan fingerprint density at radius 2 is 1.78 bits per heavy atom. The van der Waals surface area contributed by atoms with E-state index < -0.39 is 0 Å². The Balaban J connectivity index is 3.06. The minimum Gasteiger partial charge on any atom is -0.507 e. The largest absolute Gasteiger partial charge is 0.507 e. The molecule has 2 aromatic rings. The molecule has 0 saturated heterocycles. The van der Waals surface area contributed by atoms with E-state index >= 15 is 0 Å². The Hall–Kier alpha value is -2.55. The lowest BCUT2D eigenvalue weighted by atomic mass is 10.0. The van der Waals surface area contributed by atoms with E-state index in [1.165, 1.54) is 24.5 Å². The third kappa shape index (κ3) is 1.57. The zero-order valence-electron chi connectivity index (χ0n) is 9.77. The zero-order valence-corrected chi connectivity index (χ0v) is 9.77. The second-order valence-corrected chi connectivity index (χ2v) is 3.74. The van der Waals surface area contributed by atoms with Crippen LogP contribution >= 0.6 is 0 Å². The van der Waals surface area contributed by atoms with Crippen LogP contribution < -0.4 is 5.43 Å². The fraction of sp³-hybridized carbons (Fsp3) is 0. The van der Waals surface area contributed by atoms with Crippen LogP contribution in [-0.2, 0) is 0 Å². The van der Waals surface area contributed by atoms with E-state index in [-0.39, 0.29) is 11.2 Å². The molecule has 0 spiro atoms. The Morgan fingerprint density at radius 1 is 1.11 bits per heavy atom. The molecule has 0 amide bonds. The molecule has 0 aliphatic carbocycles. The summed E-state index contributed by atoms with van der Waals surface area (Å²) in [4.78, 5) is 12.1. The molecule has 2 rings (SSSR count). The Labute approximate surface area is 104 Å². The highest BCUT2D eigenvalue weighted by molar-refractivity contribution is 5.92. The van der Waals surface area contributed by atoms with Crippen molar-refractivity contribution in [3.8, 4) is 5.75 Å². The van der Waals surface area contributed by atoms with Crippen LogP contribution in [0.1, 0.15) is 16.7 Å². The standard InChI is InChI=1S/C15H12O3/c1-4-9-7-12-14(17)10(5-2)8-18-15(12)11(6-3)13(9)16/h4-8,16H,1-3H2. The lowest BCUT2D eigenvalue weighted by Crippen LogP contribution is -2.05. The van der Waals surface area contributed by atoms with E-state index in [1.54, 1.807) is 6.07 Å². The number of phenols is 1. The van der Waals surface area contributed by atoms with Crippen molar-refractivity contribution in [2.45, 2.75) is 0 Å². The van der Waals surface area contributed by atoms with Crippen LogP contribution in [0.25, 0.3) is 29.2 Å². The third-order valence-electron chi connectivity index (χ3n) is 2.77. The van der Waals surface area contributed by atoms with Gasteiger partial charge >= 0.3 is 0 Å². The predicted molar refractivity (Wildman–Crippen MR) is 74.4 cm³/mol. The van der Waals surface area contributed by atoms with E-state index in [9.17, 15) is 9.90 Å². The molecule has 3 heteroatoms. The van der Waals surface area contributed by atoms with Gasteiger partial charge in [0.15, 0.2) is 5.43 Å². The summed E-state index contributed by atoms with van der Waals surface area (Å²) in [6, 6.07) is 1.55. The topological polar surface area (TPSA) is 50.4 Å². The van der Waals surface area contributed by atoms with Gasteiger partial charge in [-0.05, 0) is 6.07 Å². The number of phenolic OH excluding ortho intramolecular Hbond substituents is 1. The summed E-state index contributed by atoms with van der Waals surface area (Å²) in [5.74, 6) is 0.00185. The van der Waals surface area contributed by atoms with Gasteiger partial charge in [-0.2, -0.15) is 0 Å². The first kappa shape index (κ1) is 11.9. The average molecular weight is 240 g/mol. The molecule has 0 radical (unpaired) electrons. The highest BCUT2D eigenvalue weighted by Crippen LogP contribution is 2.31. The molecule has 0 aliphatic rings. The molecule has 1 aromatic heterocycles. The van der Waals surface area contributed by atoms with E-state index in [0.29, 0.717) is 27.7 Å². The van der Waals surface area contributed by atoms with Crippen molar-refractivity contribution in [3.63, 3.8) is 0 Å². The molecule has 1 aromatic carbocycles. The molecule has 0 bridgehead atoms. The van der Waals surface area contributed by atoms with Gasteiger partial charge in [0, 0.05) is 5.56 Å². The lowest BCUT2D eigenvalue weighted by molar-refractivity contribution is 0.471. The minimum absolute atomic E-state index is 0.00185. The first-order valence-electron chi connectivity index (χ1n) is 5.32. The molecule has 18 heavy (non-hydrogen) atoms. The number of hydrogen-bond donors (Lipinski definition) is 1. The van der Waals surface area contributed by atoms with Crippen LogP contribution in [-0.4, -0.2) is 5.11 Å². The maximum Gasteiger partial charge on any atom is 0.199 e. The summed E-state index contributed by atoms with van der Waals surface area (Å²) in [5.41, 5.74) is 1.33. The van der Waals surface area contributed by atoms with Gasteiger partial charge in [0.05, 0.1) is 16.5 Å².